The highest BCUT2D eigenvalue weighted by Crippen LogP contribution is 2.23. The predicted octanol–water partition coefficient (Wildman–Crippen LogP) is 2.38. The van der Waals surface area contributed by atoms with Crippen LogP contribution in [0.25, 0.3) is 0 Å². The molecule has 0 N–H and O–H groups in total. The Bertz CT molecular complexity index is 351. The van der Waals surface area contributed by atoms with Crippen LogP contribution >= 0.6 is 0 Å². The monoisotopic (exact) mass is 208 g/mol. The summed E-state index contributed by atoms with van der Waals surface area (Å²) in [7, 11) is 0. The lowest BCUT2D eigenvalue weighted by Crippen LogP contribution is -2.05. The summed E-state index contributed by atoms with van der Waals surface area (Å²) in [4.78, 5) is 10.2. The highest BCUT2D eigenvalue weighted by atomic mass is 19.3. The summed E-state index contributed by atoms with van der Waals surface area (Å²) in [5.41, 5.74) is -0.666. The number of alkyl halides is 2. The normalized spacial score (nSPS) is 10.4. The number of aldehydes is 1. The third-order valence-corrected chi connectivity index (χ3v) is 1.38. The maximum Gasteiger partial charge on any atom is 0.387 e. The summed E-state index contributed by atoms with van der Waals surface area (Å²) in [6.07, 6.45) is 0.0107. The Kier molecular flexibility index (Phi) is 3.06. The van der Waals surface area contributed by atoms with Crippen molar-refractivity contribution in [3.63, 3.8) is 0 Å². The lowest BCUT2D eigenvalue weighted by Gasteiger charge is -2.06. The number of carbonyl (C=O) groups is 1. The fourth-order valence-corrected chi connectivity index (χ4v) is 0.852. The standard InChI is InChI=1S/C8H4F4O2/c9-5-1-4(3-13)7(10)6(2-5)14-8(11)12/h1-3,8H. The number of benzene rings is 1. The number of hydrogen-bond acceptors (Lipinski definition) is 2. The fourth-order valence-electron chi connectivity index (χ4n) is 0.852. The van der Waals surface area contributed by atoms with Crippen LogP contribution in [-0.4, -0.2) is 12.9 Å². The molecule has 0 spiro atoms. The van der Waals surface area contributed by atoms with E-state index < -0.39 is 29.6 Å². The molecule has 0 saturated carbocycles. The van der Waals surface area contributed by atoms with Gasteiger partial charge in [-0.25, -0.2) is 8.78 Å². The van der Waals surface area contributed by atoms with Gasteiger partial charge in [0.2, 0.25) is 0 Å². The van der Waals surface area contributed by atoms with Gasteiger partial charge in [0.05, 0.1) is 5.56 Å². The summed E-state index contributed by atoms with van der Waals surface area (Å²) in [5, 5.41) is 0. The van der Waals surface area contributed by atoms with Crippen molar-refractivity contribution < 1.29 is 27.1 Å². The number of hydrogen-bond donors (Lipinski definition) is 0. The van der Waals surface area contributed by atoms with Crippen molar-refractivity contribution in [1.82, 2.24) is 0 Å². The van der Waals surface area contributed by atoms with Gasteiger partial charge in [0.1, 0.15) is 5.82 Å². The average Bonchev–Trinajstić information content (AvgIpc) is 2.09. The molecule has 0 aliphatic carbocycles. The molecule has 1 aromatic carbocycles. The molecular weight excluding hydrogens is 204 g/mol. The molecule has 0 saturated heterocycles. The van der Waals surface area contributed by atoms with Gasteiger partial charge in [-0.2, -0.15) is 8.78 Å². The molecule has 0 radical (unpaired) electrons. The van der Waals surface area contributed by atoms with Crippen molar-refractivity contribution in [3.05, 3.63) is 29.3 Å². The van der Waals surface area contributed by atoms with Crippen LogP contribution in [0.2, 0.25) is 0 Å². The molecule has 0 amide bonds. The highest BCUT2D eigenvalue weighted by Gasteiger charge is 2.15. The molecule has 6 heteroatoms. The first-order valence-electron chi connectivity index (χ1n) is 3.43. The molecule has 0 aliphatic rings. The fraction of sp³-hybridized carbons (Fsp3) is 0.125. The van der Waals surface area contributed by atoms with Crippen LogP contribution in [0.15, 0.2) is 12.1 Å². The minimum atomic E-state index is -3.27. The molecule has 1 rings (SSSR count). The molecule has 0 unspecified atom stereocenters. The third kappa shape index (κ3) is 2.21. The van der Waals surface area contributed by atoms with Crippen molar-refractivity contribution >= 4 is 6.29 Å². The zero-order valence-electron chi connectivity index (χ0n) is 6.64. The van der Waals surface area contributed by atoms with E-state index in [0.717, 1.165) is 0 Å². The molecule has 14 heavy (non-hydrogen) atoms. The third-order valence-electron chi connectivity index (χ3n) is 1.38. The molecule has 2 nitrogen and oxygen atoms in total. The van der Waals surface area contributed by atoms with E-state index in [0.29, 0.717) is 12.1 Å². The van der Waals surface area contributed by atoms with E-state index >= 15 is 0 Å². The van der Waals surface area contributed by atoms with Crippen LogP contribution in [-0.2, 0) is 0 Å². The van der Waals surface area contributed by atoms with Gasteiger partial charge in [-0.3, -0.25) is 4.79 Å². The van der Waals surface area contributed by atoms with Gasteiger partial charge in [0, 0.05) is 6.07 Å². The first kappa shape index (κ1) is 10.5. The lowest BCUT2D eigenvalue weighted by molar-refractivity contribution is -0.0524. The Balaban J connectivity index is 3.15. The minimum absolute atomic E-state index is 0.0107. The second-order valence-corrected chi connectivity index (χ2v) is 2.30. The van der Waals surface area contributed by atoms with Gasteiger partial charge in [0.15, 0.2) is 17.9 Å². The lowest BCUT2D eigenvalue weighted by atomic mass is 10.2. The van der Waals surface area contributed by atoms with Gasteiger partial charge < -0.3 is 4.74 Å². The molecule has 0 fully saturated rings. The Labute approximate surface area is 76.1 Å². The summed E-state index contributed by atoms with van der Waals surface area (Å²) in [5.74, 6) is -3.31. The van der Waals surface area contributed by atoms with E-state index in [9.17, 15) is 22.4 Å². The molecular formula is C8H4F4O2. The average molecular weight is 208 g/mol. The van der Waals surface area contributed by atoms with Crippen molar-refractivity contribution in [2.75, 3.05) is 0 Å². The summed E-state index contributed by atoms with van der Waals surface area (Å²) in [6.45, 7) is -3.27. The van der Waals surface area contributed by atoms with Gasteiger partial charge in [-0.15, -0.1) is 0 Å². The predicted molar refractivity (Wildman–Crippen MR) is 38.4 cm³/mol. The van der Waals surface area contributed by atoms with Crippen LogP contribution in [0.4, 0.5) is 17.6 Å². The number of rotatable bonds is 3. The molecule has 1 aromatic rings. The number of halogens is 4. The van der Waals surface area contributed by atoms with E-state index in [1.165, 1.54) is 0 Å². The van der Waals surface area contributed by atoms with Gasteiger partial charge >= 0.3 is 6.61 Å². The smallest absolute Gasteiger partial charge is 0.387 e. The van der Waals surface area contributed by atoms with Crippen LogP contribution in [0.3, 0.4) is 0 Å². The van der Waals surface area contributed by atoms with Crippen molar-refractivity contribution in [1.29, 1.82) is 0 Å². The van der Waals surface area contributed by atoms with E-state index in [1.807, 2.05) is 0 Å². The molecule has 0 bridgehead atoms. The van der Waals surface area contributed by atoms with E-state index in [2.05, 4.69) is 4.74 Å². The van der Waals surface area contributed by atoms with Crippen LogP contribution < -0.4 is 4.74 Å². The van der Waals surface area contributed by atoms with Gasteiger partial charge in [-0.1, -0.05) is 0 Å². The first-order chi connectivity index (χ1) is 6.54. The SMILES string of the molecule is O=Cc1cc(F)cc(OC(F)F)c1F. The van der Waals surface area contributed by atoms with Crippen molar-refractivity contribution in [2.24, 2.45) is 0 Å². The topological polar surface area (TPSA) is 26.3 Å². The molecule has 0 aliphatic heterocycles. The number of ether oxygens (including phenoxy) is 1. The Hall–Kier alpha value is -1.59. The maximum atomic E-state index is 13.0. The van der Waals surface area contributed by atoms with Gasteiger partial charge in [0.25, 0.3) is 0 Å². The Morgan fingerprint density at radius 2 is 1.93 bits per heavy atom. The van der Waals surface area contributed by atoms with Crippen LogP contribution in [0.5, 0.6) is 5.75 Å². The molecule has 0 aromatic heterocycles. The molecule has 0 heterocycles. The zero-order chi connectivity index (χ0) is 10.7. The Morgan fingerprint density at radius 1 is 1.29 bits per heavy atom. The van der Waals surface area contributed by atoms with Crippen LogP contribution in [0.1, 0.15) is 10.4 Å². The molecule has 76 valence electrons. The maximum absolute atomic E-state index is 13.0. The molecule has 0 atom stereocenters. The van der Waals surface area contributed by atoms with Crippen LogP contribution in [0, 0.1) is 11.6 Å². The van der Waals surface area contributed by atoms with E-state index in [4.69, 9.17) is 0 Å². The van der Waals surface area contributed by atoms with Gasteiger partial charge in [-0.05, 0) is 6.07 Å². The van der Waals surface area contributed by atoms with E-state index in [-0.39, 0.29) is 6.29 Å². The van der Waals surface area contributed by atoms with E-state index in [1.54, 1.807) is 0 Å². The van der Waals surface area contributed by atoms with Crippen molar-refractivity contribution in [3.8, 4) is 5.75 Å². The minimum Gasteiger partial charge on any atom is -0.432 e. The summed E-state index contributed by atoms with van der Waals surface area (Å²) in [6, 6.07) is 1.02. The summed E-state index contributed by atoms with van der Waals surface area (Å²) >= 11 is 0. The Morgan fingerprint density at radius 3 is 2.43 bits per heavy atom. The zero-order valence-corrected chi connectivity index (χ0v) is 6.64. The first-order valence-corrected chi connectivity index (χ1v) is 3.43. The summed E-state index contributed by atoms with van der Waals surface area (Å²) < 4.78 is 52.5. The second-order valence-electron chi connectivity index (χ2n) is 2.30. The number of carbonyl (C=O) groups excluding carboxylic acids is 1. The highest BCUT2D eigenvalue weighted by molar-refractivity contribution is 5.76. The van der Waals surface area contributed by atoms with Crippen molar-refractivity contribution in [2.45, 2.75) is 6.61 Å². The largest absolute Gasteiger partial charge is 0.432 e. The second kappa shape index (κ2) is 4.08. The quantitative estimate of drug-likeness (QED) is 0.563.